The molecule has 0 saturated heterocycles. The molecular weight excluding hydrogens is 511 g/mol. The first-order valence-electron chi connectivity index (χ1n) is 12.2. The maximum absolute atomic E-state index is 15.2. The van der Waals surface area contributed by atoms with Crippen LogP contribution in [0.25, 0.3) is 5.69 Å². The number of nitrogens with two attached hydrogens (primary N) is 1. The third kappa shape index (κ3) is 6.01. The number of nitrogens with one attached hydrogen (secondary N) is 1. The highest BCUT2D eigenvalue weighted by Crippen LogP contribution is 2.30. The fourth-order valence-electron chi connectivity index (χ4n) is 4.43. The van der Waals surface area contributed by atoms with Gasteiger partial charge in [0.2, 0.25) is 0 Å². The number of Topliss-reactive ketones (excluding diaryl/α,β-unsaturated/α-hetero) is 1. The number of nitrogen functional groups attached to an aromatic ring is 1. The van der Waals surface area contributed by atoms with E-state index in [9.17, 15) is 23.9 Å². The number of carbonyl (C=O) groups excluding carboxylic acids is 1. The van der Waals surface area contributed by atoms with Crippen molar-refractivity contribution in [2.45, 2.75) is 32.4 Å². The Morgan fingerprint density at radius 1 is 1.05 bits per heavy atom. The molecule has 0 bridgehead atoms. The molecule has 7 nitrogen and oxygen atoms in total. The highest BCUT2D eigenvalue weighted by molar-refractivity contribution is 6.11. The summed E-state index contributed by atoms with van der Waals surface area (Å²) in [5.41, 5.74) is 5.41. The van der Waals surface area contributed by atoms with Gasteiger partial charge in [0, 0.05) is 24.1 Å². The normalized spacial score (nSPS) is 15.8. The predicted octanol–water partition coefficient (Wildman–Crippen LogP) is 4.49. The molecule has 10 heteroatoms. The maximum atomic E-state index is 15.2. The molecule has 0 saturated carbocycles. The predicted molar refractivity (Wildman–Crippen MR) is 140 cm³/mol. The molecule has 0 spiro atoms. The van der Waals surface area contributed by atoms with Gasteiger partial charge in [-0.3, -0.25) is 19.0 Å². The van der Waals surface area contributed by atoms with E-state index in [4.69, 9.17) is 5.73 Å². The lowest BCUT2D eigenvalue weighted by Crippen LogP contribution is -2.38. The van der Waals surface area contributed by atoms with Crippen LogP contribution in [0.5, 0.6) is 0 Å². The summed E-state index contributed by atoms with van der Waals surface area (Å²) in [7, 11) is 0. The van der Waals surface area contributed by atoms with Crippen molar-refractivity contribution >= 4 is 17.6 Å². The first-order chi connectivity index (χ1) is 18.6. The van der Waals surface area contributed by atoms with Crippen LogP contribution in [0.2, 0.25) is 0 Å². The van der Waals surface area contributed by atoms with E-state index in [0.29, 0.717) is 4.57 Å². The molecule has 202 valence electrons. The standard InChI is InChI=1S/C29H26F3N3O4/c1-16-11-19(7-9-21(16)30)27(37)20-8-10-25(36)35(28(20)33)26-22(31)12-18(13-23(26)32)15-34-24(29(38)39)14-17-5-3-2-4-6-17/h2-10,12-13,16,24,34H,11,14-15,33H2,1H3,(H,38,39)/t16?,24-/m0/s1. The average molecular weight is 538 g/mol. The summed E-state index contributed by atoms with van der Waals surface area (Å²) in [5, 5.41) is 12.3. The Hall–Kier alpha value is -4.44. The minimum atomic E-state index is -1.13. The molecule has 0 amide bonds. The monoisotopic (exact) mass is 537 g/mol. The molecule has 1 aromatic heterocycles. The highest BCUT2D eigenvalue weighted by Gasteiger charge is 2.25. The van der Waals surface area contributed by atoms with E-state index in [0.717, 1.165) is 23.8 Å². The van der Waals surface area contributed by atoms with E-state index >= 15 is 8.78 Å². The number of pyridine rings is 1. The zero-order valence-corrected chi connectivity index (χ0v) is 21.0. The Morgan fingerprint density at radius 3 is 2.33 bits per heavy atom. The van der Waals surface area contributed by atoms with Crippen LogP contribution in [0.1, 0.15) is 34.8 Å². The molecular formula is C29H26F3N3O4. The van der Waals surface area contributed by atoms with Crippen LogP contribution >= 0.6 is 0 Å². The number of carboxylic acids is 1. The summed E-state index contributed by atoms with van der Waals surface area (Å²) >= 11 is 0. The van der Waals surface area contributed by atoms with Crippen molar-refractivity contribution in [3.8, 4) is 5.69 Å². The number of hydrogen-bond donors (Lipinski definition) is 3. The van der Waals surface area contributed by atoms with Gasteiger partial charge in [0.05, 0.1) is 5.56 Å². The van der Waals surface area contributed by atoms with Crippen LogP contribution in [-0.2, 0) is 17.8 Å². The zero-order valence-electron chi connectivity index (χ0n) is 21.0. The molecule has 2 atom stereocenters. The number of carboxylic acid groups (broad SMARTS) is 1. The Morgan fingerprint density at radius 2 is 1.72 bits per heavy atom. The Balaban J connectivity index is 1.61. The number of hydrogen-bond acceptors (Lipinski definition) is 5. The molecule has 2 aromatic carbocycles. The first kappa shape index (κ1) is 27.6. The van der Waals surface area contributed by atoms with Crippen LogP contribution in [-0.4, -0.2) is 27.5 Å². The number of nitrogens with zero attached hydrogens (tertiary/aromatic N) is 1. The molecule has 0 aliphatic heterocycles. The van der Waals surface area contributed by atoms with Crippen LogP contribution in [0.15, 0.2) is 82.9 Å². The molecule has 4 N–H and O–H groups in total. The third-order valence-corrected chi connectivity index (χ3v) is 6.54. The molecule has 39 heavy (non-hydrogen) atoms. The molecule has 4 rings (SSSR count). The van der Waals surface area contributed by atoms with Crippen LogP contribution in [0.4, 0.5) is 19.0 Å². The number of anilines is 1. The molecule has 1 aliphatic carbocycles. The first-order valence-corrected chi connectivity index (χ1v) is 12.2. The second kappa shape index (κ2) is 11.5. The smallest absolute Gasteiger partial charge is 0.321 e. The Kier molecular flexibility index (Phi) is 8.15. The fourth-order valence-corrected chi connectivity index (χ4v) is 4.43. The van der Waals surface area contributed by atoms with Crippen LogP contribution in [0, 0.1) is 17.6 Å². The quantitative estimate of drug-likeness (QED) is 0.347. The number of benzene rings is 2. The number of allylic oxidation sites excluding steroid dienone is 4. The molecule has 3 aromatic rings. The lowest BCUT2D eigenvalue weighted by Gasteiger charge is -2.19. The van der Waals surface area contributed by atoms with E-state index < -0.39 is 52.4 Å². The maximum Gasteiger partial charge on any atom is 0.321 e. The zero-order chi connectivity index (χ0) is 28.3. The number of halogens is 3. The number of aromatic nitrogens is 1. The second-order valence-electron chi connectivity index (χ2n) is 9.35. The van der Waals surface area contributed by atoms with Gasteiger partial charge in [-0.25, -0.2) is 13.2 Å². The summed E-state index contributed by atoms with van der Waals surface area (Å²) in [5.74, 6) is -5.34. The van der Waals surface area contributed by atoms with Gasteiger partial charge in [-0.15, -0.1) is 0 Å². The topological polar surface area (TPSA) is 114 Å². The van der Waals surface area contributed by atoms with Gasteiger partial charge in [-0.1, -0.05) is 43.3 Å². The van der Waals surface area contributed by atoms with E-state index in [1.54, 1.807) is 37.3 Å². The largest absolute Gasteiger partial charge is 0.480 e. The SMILES string of the molecule is CC1CC(C(=O)c2ccc(=O)n(-c3c(F)cc(CN[C@@H](Cc4ccccc4)C(=O)O)cc3F)c2N)=CC=C1F. The molecule has 1 unspecified atom stereocenters. The van der Waals surface area contributed by atoms with Gasteiger partial charge in [0.1, 0.15) is 23.4 Å². The Bertz CT molecular complexity index is 1520. The van der Waals surface area contributed by atoms with Gasteiger partial charge >= 0.3 is 5.97 Å². The van der Waals surface area contributed by atoms with E-state index in [2.05, 4.69) is 5.32 Å². The third-order valence-electron chi connectivity index (χ3n) is 6.54. The van der Waals surface area contributed by atoms with Crippen molar-refractivity contribution in [1.29, 1.82) is 0 Å². The van der Waals surface area contributed by atoms with Crippen molar-refractivity contribution in [1.82, 2.24) is 9.88 Å². The average Bonchev–Trinajstić information content (AvgIpc) is 2.89. The van der Waals surface area contributed by atoms with Crippen LogP contribution in [0.3, 0.4) is 0 Å². The van der Waals surface area contributed by atoms with E-state index in [1.165, 1.54) is 18.2 Å². The van der Waals surface area contributed by atoms with Crippen molar-refractivity contribution in [3.05, 3.63) is 117 Å². The molecule has 1 aliphatic rings. The second-order valence-corrected chi connectivity index (χ2v) is 9.35. The summed E-state index contributed by atoms with van der Waals surface area (Å²) in [4.78, 5) is 37.4. The van der Waals surface area contributed by atoms with Crippen molar-refractivity contribution < 1.29 is 27.9 Å². The lowest BCUT2D eigenvalue weighted by atomic mass is 9.90. The molecule has 1 heterocycles. The molecule has 0 radical (unpaired) electrons. The van der Waals surface area contributed by atoms with Crippen LogP contribution < -0.4 is 16.6 Å². The van der Waals surface area contributed by atoms with Gasteiger partial charge in [0.15, 0.2) is 17.4 Å². The number of aliphatic carboxylic acids is 1. The minimum absolute atomic E-state index is 0.0991. The summed E-state index contributed by atoms with van der Waals surface area (Å²) in [6.07, 6.45) is 2.75. The number of ketones is 1. The van der Waals surface area contributed by atoms with Crippen molar-refractivity contribution in [3.63, 3.8) is 0 Å². The fraction of sp³-hybridized carbons (Fsp3) is 0.207. The van der Waals surface area contributed by atoms with E-state index in [1.807, 2.05) is 0 Å². The highest BCUT2D eigenvalue weighted by atomic mass is 19.1. The minimum Gasteiger partial charge on any atom is -0.480 e. The van der Waals surface area contributed by atoms with Crippen molar-refractivity contribution in [2.24, 2.45) is 5.92 Å². The Labute approximate surface area is 222 Å². The molecule has 0 fully saturated rings. The summed E-state index contributed by atoms with van der Waals surface area (Å²) < 4.78 is 44.7. The summed E-state index contributed by atoms with van der Waals surface area (Å²) in [6.45, 7) is 1.44. The van der Waals surface area contributed by atoms with Crippen molar-refractivity contribution in [2.75, 3.05) is 5.73 Å². The van der Waals surface area contributed by atoms with Gasteiger partial charge < -0.3 is 16.2 Å². The van der Waals surface area contributed by atoms with Gasteiger partial charge in [0.25, 0.3) is 5.56 Å². The number of carbonyl (C=O) groups is 2. The summed E-state index contributed by atoms with van der Waals surface area (Å²) in [6, 6.07) is 12.0. The number of rotatable bonds is 9. The van der Waals surface area contributed by atoms with Gasteiger partial charge in [-0.05, 0) is 48.2 Å². The lowest BCUT2D eigenvalue weighted by molar-refractivity contribution is -0.139. The van der Waals surface area contributed by atoms with Gasteiger partial charge in [-0.2, -0.15) is 0 Å². The van der Waals surface area contributed by atoms with E-state index in [-0.39, 0.29) is 41.9 Å².